The molecule has 2 amide bonds. The van der Waals surface area contributed by atoms with Crippen molar-refractivity contribution in [3.63, 3.8) is 0 Å². The van der Waals surface area contributed by atoms with Crippen LogP contribution in [-0.4, -0.2) is 22.0 Å². The molecule has 0 spiro atoms. The molecule has 3 aromatic rings. The van der Waals surface area contributed by atoms with Gasteiger partial charge in [0.2, 0.25) is 0 Å². The number of aryl methyl sites for hydroxylation is 1. The van der Waals surface area contributed by atoms with Crippen LogP contribution < -0.4 is 10.6 Å². The fraction of sp³-hybridized carbons (Fsp3) is 0.0588. The lowest BCUT2D eigenvalue weighted by atomic mass is 10.2. The quantitative estimate of drug-likeness (QED) is 0.761. The Morgan fingerprint density at radius 3 is 2.24 bits per heavy atom. The van der Waals surface area contributed by atoms with Crippen molar-refractivity contribution in [2.75, 3.05) is 10.6 Å². The molecule has 0 unspecified atom stereocenters. The average molecular weight is 340 g/mol. The molecule has 2 aromatic heterocycles. The highest BCUT2D eigenvalue weighted by Crippen LogP contribution is 2.12. The van der Waals surface area contributed by atoms with E-state index in [0.29, 0.717) is 11.4 Å². The van der Waals surface area contributed by atoms with E-state index in [1.165, 1.54) is 42.5 Å². The Morgan fingerprint density at radius 2 is 1.64 bits per heavy atom. The second kappa shape index (κ2) is 6.91. The summed E-state index contributed by atoms with van der Waals surface area (Å²) in [5.74, 6) is -0.637. The summed E-state index contributed by atoms with van der Waals surface area (Å²) in [5, 5.41) is 8.76. The number of rotatable bonds is 4. The Hall–Kier alpha value is -3.55. The predicted molar refractivity (Wildman–Crippen MR) is 87.8 cm³/mol. The minimum absolute atomic E-state index is 0.0485. The molecule has 3 rings (SSSR count). The number of carbonyl (C=O) groups is 2. The van der Waals surface area contributed by atoms with Crippen LogP contribution in [0, 0.1) is 12.7 Å². The molecular weight excluding hydrogens is 327 g/mol. The molecule has 0 bridgehead atoms. The van der Waals surface area contributed by atoms with Crippen LogP contribution in [0.2, 0.25) is 0 Å². The van der Waals surface area contributed by atoms with Crippen LogP contribution in [0.15, 0.2) is 53.1 Å². The number of amides is 2. The molecule has 1 aromatic carbocycles. The van der Waals surface area contributed by atoms with Gasteiger partial charge in [0.25, 0.3) is 11.8 Å². The molecular formula is C17H13FN4O3. The molecule has 0 atom stereocenters. The van der Waals surface area contributed by atoms with Gasteiger partial charge >= 0.3 is 0 Å². The molecule has 0 saturated carbocycles. The molecule has 0 aliphatic carbocycles. The molecule has 0 fully saturated rings. The third-order valence-corrected chi connectivity index (χ3v) is 3.19. The highest BCUT2D eigenvalue weighted by atomic mass is 19.1. The van der Waals surface area contributed by atoms with E-state index in [1.807, 2.05) is 0 Å². The minimum Gasteiger partial charge on any atom is -0.360 e. The van der Waals surface area contributed by atoms with Gasteiger partial charge in [-0.3, -0.25) is 9.59 Å². The van der Waals surface area contributed by atoms with Crippen LogP contribution >= 0.6 is 0 Å². The Kier molecular flexibility index (Phi) is 4.51. The van der Waals surface area contributed by atoms with Gasteiger partial charge in [-0.2, -0.15) is 0 Å². The zero-order chi connectivity index (χ0) is 17.8. The first-order valence-electron chi connectivity index (χ1n) is 7.30. The van der Waals surface area contributed by atoms with E-state index in [2.05, 4.69) is 20.8 Å². The van der Waals surface area contributed by atoms with Crippen LogP contribution in [0.4, 0.5) is 15.9 Å². The van der Waals surface area contributed by atoms with Crippen molar-refractivity contribution >= 4 is 23.3 Å². The Bertz CT molecular complexity index is 922. The van der Waals surface area contributed by atoms with Crippen LogP contribution in [0.3, 0.4) is 0 Å². The maximum absolute atomic E-state index is 12.9. The van der Waals surface area contributed by atoms with Gasteiger partial charge in [0.05, 0.1) is 0 Å². The predicted octanol–water partition coefficient (Wildman–Crippen LogP) is 3.02. The van der Waals surface area contributed by atoms with Crippen molar-refractivity contribution in [1.29, 1.82) is 0 Å². The lowest BCUT2D eigenvalue weighted by Gasteiger charge is -2.06. The van der Waals surface area contributed by atoms with Gasteiger partial charge < -0.3 is 15.2 Å². The second-order valence-corrected chi connectivity index (χ2v) is 5.15. The summed E-state index contributed by atoms with van der Waals surface area (Å²) in [7, 11) is 0. The van der Waals surface area contributed by atoms with Gasteiger partial charge in [0.1, 0.15) is 23.0 Å². The van der Waals surface area contributed by atoms with Gasteiger partial charge in [-0.05, 0) is 43.3 Å². The first-order chi connectivity index (χ1) is 12.0. The fourth-order valence-electron chi connectivity index (χ4n) is 2.02. The van der Waals surface area contributed by atoms with E-state index in [1.54, 1.807) is 13.0 Å². The molecule has 2 heterocycles. The number of carbonyl (C=O) groups excluding carboxylic acids is 2. The van der Waals surface area contributed by atoms with Crippen molar-refractivity contribution in [3.05, 3.63) is 71.5 Å². The van der Waals surface area contributed by atoms with Crippen LogP contribution in [-0.2, 0) is 0 Å². The molecule has 0 aliphatic rings. The normalized spacial score (nSPS) is 10.3. The summed E-state index contributed by atoms with van der Waals surface area (Å²) < 4.78 is 17.8. The first-order valence-corrected chi connectivity index (χ1v) is 7.30. The largest absolute Gasteiger partial charge is 0.360 e. The average Bonchev–Trinajstić information content (AvgIpc) is 3.02. The van der Waals surface area contributed by atoms with Gasteiger partial charge in [0.15, 0.2) is 5.82 Å². The van der Waals surface area contributed by atoms with E-state index in [9.17, 15) is 14.0 Å². The van der Waals surface area contributed by atoms with Gasteiger partial charge in [-0.1, -0.05) is 11.2 Å². The number of hydrogen-bond acceptors (Lipinski definition) is 5. The smallest absolute Gasteiger partial charge is 0.275 e. The number of nitrogens with zero attached hydrogens (tertiary/aromatic N) is 2. The molecule has 25 heavy (non-hydrogen) atoms. The molecule has 8 heteroatoms. The van der Waals surface area contributed by atoms with Crippen LogP contribution in [0.25, 0.3) is 0 Å². The molecule has 0 saturated heterocycles. The summed E-state index contributed by atoms with van der Waals surface area (Å²) in [6, 6.07) is 11.3. The Labute approximate surface area is 141 Å². The van der Waals surface area contributed by atoms with Gasteiger partial charge in [-0.25, -0.2) is 9.37 Å². The standard InChI is InChI=1S/C17H13FN4O3/c1-10-9-15(22-25-10)21-17(24)14-4-2-3-13(20-14)16(23)19-12-7-5-11(18)6-8-12/h2-9H,1H3,(H,19,23)(H,21,22,24). The zero-order valence-corrected chi connectivity index (χ0v) is 13.1. The maximum Gasteiger partial charge on any atom is 0.275 e. The van der Waals surface area contributed by atoms with Crippen molar-refractivity contribution in [3.8, 4) is 0 Å². The molecule has 0 aliphatic heterocycles. The first kappa shape index (κ1) is 16.3. The van der Waals surface area contributed by atoms with E-state index >= 15 is 0 Å². The van der Waals surface area contributed by atoms with Crippen LogP contribution in [0.5, 0.6) is 0 Å². The Balaban J connectivity index is 1.72. The molecule has 0 radical (unpaired) electrons. The van der Waals surface area contributed by atoms with E-state index in [-0.39, 0.29) is 17.2 Å². The monoisotopic (exact) mass is 340 g/mol. The SMILES string of the molecule is Cc1cc(NC(=O)c2cccc(C(=O)Nc3ccc(F)cc3)n2)no1. The van der Waals surface area contributed by atoms with Crippen molar-refractivity contribution < 1.29 is 18.5 Å². The number of benzene rings is 1. The molecule has 7 nitrogen and oxygen atoms in total. The highest BCUT2D eigenvalue weighted by Gasteiger charge is 2.14. The molecule has 2 N–H and O–H groups in total. The van der Waals surface area contributed by atoms with E-state index in [4.69, 9.17) is 4.52 Å². The topological polar surface area (TPSA) is 97.1 Å². The highest BCUT2D eigenvalue weighted by molar-refractivity contribution is 6.05. The molecule has 126 valence electrons. The minimum atomic E-state index is -0.523. The van der Waals surface area contributed by atoms with Crippen LogP contribution in [0.1, 0.15) is 26.7 Å². The summed E-state index contributed by atoms with van der Waals surface area (Å²) in [5.41, 5.74) is 0.516. The number of pyridine rings is 1. The van der Waals surface area contributed by atoms with Crippen molar-refractivity contribution in [1.82, 2.24) is 10.1 Å². The maximum atomic E-state index is 12.9. The van der Waals surface area contributed by atoms with Crippen molar-refractivity contribution in [2.24, 2.45) is 0 Å². The third kappa shape index (κ3) is 4.05. The third-order valence-electron chi connectivity index (χ3n) is 3.19. The summed E-state index contributed by atoms with van der Waals surface area (Å²) in [4.78, 5) is 28.4. The lowest BCUT2D eigenvalue weighted by molar-refractivity contribution is 0.101. The number of hydrogen-bond donors (Lipinski definition) is 2. The fourth-order valence-corrected chi connectivity index (χ4v) is 2.02. The summed E-state index contributed by atoms with van der Waals surface area (Å²) in [6.07, 6.45) is 0. The number of aromatic nitrogens is 2. The number of nitrogens with one attached hydrogen (secondary N) is 2. The Morgan fingerprint density at radius 1 is 1.00 bits per heavy atom. The van der Waals surface area contributed by atoms with Gasteiger partial charge in [-0.15, -0.1) is 0 Å². The van der Waals surface area contributed by atoms with E-state index < -0.39 is 17.6 Å². The van der Waals surface area contributed by atoms with Gasteiger partial charge in [0, 0.05) is 11.8 Å². The number of halogens is 1. The zero-order valence-electron chi connectivity index (χ0n) is 13.1. The lowest BCUT2D eigenvalue weighted by Crippen LogP contribution is -2.18. The van der Waals surface area contributed by atoms with Crippen molar-refractivity contribution in [2.45, 2.75) is 6.92 Å². The summed E-state index contributed by atoms with van der Waals surface area (Å²) >= 11 is 0. The summed E-state index contributed by atoms with van der Waals surface area (Å²) in [6.45, 7) is 1.70. The second-order valence-electron chi connectivity index (χ2n) is 5.15. The number of anilines is 2. The van der Waals surface area contributed by atoms with E-state index in [0.717, 1.165) is 0 Å².